The van der Waals surface area contributed by atoms with Gasteiger partial charge in [-0.05, 0) is 81.6 Å². The lowest BCUT2D eigenvalue weighted by molar-refractivity contribution is -0.119. The lowest BCUT2D eigenvalue weighted by Gasteiger charge is -2.26. The third-order valence-corrected chi connectivity index (χ3v) is 7.40. The molecule has 3 aromatic carbocycles. The van der Waals surface area contributed by atoms with Crippen LogP contribution in [0.1, 0.15) is 36.1 Å². The van der Waals surface area contributed by atoms with Crippen LogP contribution in [-0.2, 0) is 21.4 Å². The van der Waals surface area contributed by atoms with Gasteiger partial charge in [0.2, 0.25) is 5.91 Å². The first-order valence-electron chi connectivity index (χ1n) is 12.0. The third-order valence-electron chi connectivity index (χ3n) is 5.63. The smallest absolute Gasteiger partial charge is 0.264 e. The maximum absolute atomic E-state index is 13.6. The normalized spacial score (nSPS) is 11.1. The van der Waals surface area contributed by atoms with Gasteiger partial charge in [0.25, 0.3) is 10.0 Å². The van der Waals surface area contributed by atoms with Gasteiger partial charge in [-0.25, -0.2) is 8.42 Å². The third kappa shape index (κ3) is 6.57. The Balaban J connectivity index is 1.85. The molecule has 0 saturated carbocycles. The Morgan fingerprint density at radius 1 is 0.833 bits per heavy atom. The number of ether oxygens (including phenoxy) is 2. The van der Waals surface area contributed by atoms with Crippen LogP contribution in [0.2, 0.25) is 0 Å². The summed E-state index contributed by atoms with van der Waals surface area (Å²) in [6.45, 7) is 10.3. The molecule has 192 valence electrons. The minimum atomic E-state index is -3.98. The van der Waals surface area contributed by atoms with E-state index >= 15 is 0 Å². The van der Waals surface area contributed by atoms with Gasteiger partial charge in [-0.2, -0.15) is 0 Å². The van der Waals surface area contributed by atoms with Crippen molar-refractivity contribution >= 4 is 21.6 Å². The number of carbonyl (C=O) groups is 1. The number of amides is 1. The minimum Gasteiger partial charge on any atom is -0.490 e. The van der Waals surface area contributed by atoms with E-state index in [1.54, 1.807) is 36.4 Å². The van der Waals surface area contributed by atoms with E-state index in [1.165, 1.54) is 4.31 Å². The highest BCUT2D eigenvalue weighted by molar-refractivity contribution is 7.92. The molecule has 0 aliphatic carbocycles. The standard InChI is InChI=1S/C28H34N2O5S/c1-6-34-26-15-12-23(17-27(26)35-7-2)18-29-28(31)19-30(25-16-21(4)8-11-22(25)5)36(32,33)24-13-9-20(3)10-14-24/h8-17H,6-7,18-19H2,1-5H3,(H,29,31). The molecule has 0 aliphatic heterocycles. The number of nitrogens with zero attached hydrogens (tertiary/aromatic N) is 1. The molecule has 0 bridgehead atoms. The zero-order valence-electron chi connectivity index (χ0n) is 21.5. The molecule has 1 amide bonds. The summed E-state index contributed by atoms with van der Waals surface area (Å²) in [6, 6.07) is 17.7. The zero-order valence-corrected chi connectivity index (χ0v) is 22.3. The predicted molar refractivity (Wildman–Crippen MR) is 142 cm³/mol. The van der Waals surface area contributed by atoms with E-state index in [4.69, 9.17) is 9.47 Å². The van der Waals surface area contributed by atoms with E-state index in [9.17, 15) is 13.2 Å². The van der Waals surface area contributed by atoms with Gasteiger partial charge < -0.3 is 14.8 Å². The molecular formula is C28H34N2O5S. The van der Waals surface area contributed by atoms with Gasteiger partial charge in [0, 0.05) is 6.54 Å². The van der Waals surface area contributed by atoms with E-state index in [1.807, 2.05) is 58.9 Å². The SMILES string of the molecule is CCOc1ccc(CNC(=O)CN(c2cc(C)ccc2C)S(=O)(=O)c2ccc(C)cc2)cc1OCC. The van der Waals surface area contributed by atoms with Crippen molar-refractivity contribution in [3.05, 3.63) is 82.9 Å². The first kappa shape index (κ1) is 27.1. The molecule has 0 fully saturated rings. The molecule has 7 nitrogen and oxygen atoms in total. The highest BCUT2D eigenvalue weighted by Gasteiger charge is 2.28. The zero-order chi connectivity index (χ0) is 26.3. The number of anilines is 1. The van der Waals surface area contributed by atoms with Crippen LogP contribution in [-0.4, -0.2) is 34.1 Å². The summed E-state index contributed by atoms with van der Waals surface area (Å²) in [5.74, 6) is 0.822. The van der Waals surface area contributed by atoms with Gasteiger partial charge in [-0.3, -0.25) is 9.10 Å². The van der Waals surface area contributed by atoms with Crippen LogP contribution < -0.4 is 19.1 Å². The molecule has 0 unspecified atom stereocenters. The largest absolute Gasteiger partial charge is 0.490 e. The second-order valence-corrected chi connectivity index (χ2v) is 10.4. The van der Waals surface area contributed by atoms with Crippen molar-refractivity contribution in [3.63, 3.8) is 0 Å². The lowest BCUT2D eigenvalue weighted by atomic mass is 10.1. The average Bonchev–Trinajstić information content (AvgIpc) is 2.84. The van der Waals surface area contributed by atoms with Crippen LogP contribution >= 0.6 is 0 Å². The Morgan fingerprint density at radius 2 is 1.47 bits per heavy atom. The lowest BCUT2D eigenvalue weighted by Crippen LogP contribution is -2.41. The van der Waals surface area contributed by atoms with Gasteiger partial charge in [0.05, 0.1) is 23.8 Å². The maximum Gasteiger partial charge on any atom is 0.264 e. The Hall–Kier alpha value is -3.52. The summed E-state index contributed by atoms with van der Waals surface area (Å²) in [4.78, 5) is 13.2. The van der Waals surface area contributed by atoms with Gasteiger partial charge in [0.1, 0.15) is 6.54 Å². The maximum atomic E-state index is 13.6. The molecule has 0 radical (unpaired) electrons. The number of benzene rings is 3. The second-order valence-electron chi connectivity index (χ2n) is 8.54. The fourth-order valence-corrected chi connectivity index (χ4v) is 5.20. The number of hydrogen-bond acceptors (Lipinski definition) is 5. The van der Waals surface area contributed by atoms with E-state index in [0.717, 1.165) is 22.3 Å². The quantitative estimate of drug-likeness (QED) is 0.396. The minimum absolute atomic E-state index is 0.134. The number of aryl methyl sites for hydroxylation is 3. The van der Waals surface area contributed by atoms with Crippen LogP contribution in [0.15, 0.2) is 65.6 Å². The van der Waals surface area contributed by atoms with Crippen molar-refractivity contribution in [2.45, 2.75) is 46.1 Å². The summed E-state index contributed by atoms with van der Waals surface area (Å²) in [5, 5.41) is 2.85. The average molecular weight is 511 g/mol. The summed E-state index contributed by atoms with van der Waals surface area (Å²) in [7, 11) is -3.98. The van der Waals surface area contributed by atoms with Crippen molar-refractivity contribution in [1.29, 1.82) is 0 Å². The first-order valence-corrected chi connectivity index (χ1v) is 13.4. The Kier molecular flexibility index (Phi) is 8.98. The first-order chi connectivity index (χ1) is 17.1. The fourth-order valence-electron chi connectivity index (χ4n) is 3.72. The van der Waals surface area contributed by atoms with E-state index in [-0.39, 0.29) is 18.0 Å². The van der Waals surface area contributed by atoms with E-state index in [2.05, 4.69) is 5.32 Å². The molecule has 0 aromatic heterocycles. The number of sulfonamides is 1. The molecular weight excluding hydrogens is 476 g/mol. The number of carbonyl (C=O) groups excluding carboxylic acids is 1. The number of nitrogens with one attached hydrogen (secondary N) is 1. The Bertz CT molecular complexity index is 1300. The van der Waals surface area contributed by atoms with Crippen LogP contribution in [0.3, 0.4) is 0 Å². The van der Waals surface area contributed by atoms with Crippen LogP contribution in [0.4, 0.5) is 5.69 Å². The molecule has 3 aromatic rings. The van der Waals surface area contributed by atoms with Gasteiger partial charge in [-0.1, -0.05) is 35.9 Å². The molecule has 0 saturated heterocycles. The van der Waals surface area contributed by atoms with E-state index in [0.29, 0.717) is 30.4 Å². The highest BCUT2D eigenvalue weighted by Crippen LogP contribution is 2.29. The topological polar surface area (TPSA) is 84.9 Å². The van der Waals surface area contributed by atoms with Crippen LogP contribution in [0.5, 0.6) is 11.5 Å². The molecule has 0 aliphatic rings. The van der Waals surface area contributed by atoms with Gasteiger partial charge in [-0.15, -0.1) is 0 Å². The number of rotatable bonds is 11. The monoisotopic (exact) mass is 510 g/mol. The van der Waals surface area contributed by atoms with Crippen molar-refractivity contribution in [1.82, 2.24) is 5.32 Å². The highest BCUT2D eigenvalue weighted by atomic mass is 32.2. The van der Waals surface area contributed by atoms with Gasteiger partial charge >= 0.3 is 0 Å². The molecule has 36 heavy (non-hydrogen) atoms. The summed E-state index contributed by atoms with van der Waals surface area (Å²) in [5.41, 5.74) is 3.90. The molecule has 8 heteroatoms. The molecule has 3 rings (SSSR count). The van der Waals surface area contributed by atoms with Crippen molar-refractivity contribution in [2.75, 3.05) is 24.1 Å². The summed E-state index contributed by atoms with van der Waals surface area (Å²) >= 11 is 0. The molecule has 0 atom stereocenters. The summed E-state index contributed by atoms with van der Waals surface area (Å²) < 4.78 is 39.7. The van der Waals surface area contributed by atoms with Crippen LogP contribution in [0, 0.1) is 20.8 Å². The number of hydrogen-bond donors (Lipinski definition) is 1. The van der Waals surface area contributed by atoms with E-state index < -0.39 is 15.9 Å². The molecule has 1 N–H and O–H groups in total. The Labute approximate surface area is 214 Å². The summed E-state index contributed by atoms with van der Waals surface area (Å²) in [6.07, 6.45) is 0. The van der Waals surface area contributed by atoms with Crippen molar-refractivity contribution in [2.24, 2.45) is 0 Å². The van der Waals surface area contributed by atoms with Gasteiger partial charge in [0.15, 0.2) is 11.5 Å². The van der Waals surface area contributed by atoms with Crippen molar-refractivity contribution in [3.8, 4) is 11.5 Å². The predicted octanol–water partition coefficient (Wildman–Crippen LogP) is 4.92. The van der Waals surface area contributed by atoms with Crippen LogP contribution in [0.25, 0.3) is 0 Å². The fraction of sp³-hybridized carbons (Fsp3) is 0.321. The second kappa shape index (κ2) is 11.9. The molecule has 0 spiro atoms. The Morgan fingerprint density at radius 3 is 2.14 bits per heavy atom. The molecule has 0 heterocycles. The van der Waals surface area contributed by atoms with Crippen molar-refractivity contribution < 1.29 is 22.7 Å².